The van der Waals surface area contributed by atoms with Crippen LogP contribution in [0.1, 0.15) is 32.1 Å². The lowest BCUT2D eigenvalue weighted by molar-refractivity contribution is -0.137. The highest BCUT2D eigenvalue weighted by molar-refractivity contribution is 5.78. The van der Waals surface area contributed by atoms with Crippen LogP contribution in [0.3, 0.4) is 0 Å². The van der Waals surface area contributed by atoms with E-state index in [1.807, 2.05) is 0 Å². The molecule has 1 aliphatic rings. The molecule has 1 fully saturated rings. The summed E-state index contributed by atoms with van der Waals surface area (Å²) in [6.45, 7) is 0.351. The molecule has 5 heteroatoms. The summed E-state index contributed by atoms with van der Waals surface area (Å²) in [7, 11) is 0. The van der Waals surface area contributed by atoms with Crippen molar-refractivity contribution in [2.24, 2.45) is 0 Å². The normalized spacial score (nSPS) is 15.7. The van der Waals surface area contributed by atoms with Gasteiger partial charge in [0.2, 0.25) is 0 Å². The number of ether oxygens (including phenoxy) is 1. The number of hydrogen-bond acceptors (Lipinski definition) is 4. The Balaban J connectivity index is 1.91. The highest BCUT2D eigenvalue weighted by Gasteiger charge is 2.25. The van der Waals surface area contributed by atoms with Crippen molar-refractivity contribution in [1.29, 1.82) is 0 Å². The third-order valence-electron chi connectivity index (χ3n) is 3.90. The van der Waals surface area contributed by atoms with Crippen LogP contribution in [0.4, 0.5) is 5.69 Å². The van der Waals surface area contributed by atoms with Gasteiger partial charge in [-0.2, -0.15) is 0 Å². The van der Waals surface area contributed by atoms with Crippen molar-refractivity contribution >= 4 is 11.6 Å². The SMILES string of the molecule is Nc1cccc(OCC(=O)N(CCO)C2CCCCC2)c1. The van der Waals surface area contributed by atoms with E-state index in [9.17, 15) is 9.90 Å². The van der Waals surface area contributed by atoms with Crippen molar-refractivity contribution < 1.29 is 14.6 Å². The van der Waals surface area contributed by atoms with E-state index in [-0.39, 0.29) is 25.2 Å². The first-order chi connectivity index (χ1) is 10.2. The molecule has 0 radical (unpaired) electrons. The van der Waals surface area contributed by atoms with Crippen LogP contribution >= 0.6 is 0 Å². The fourth-order valence-corrected chi connectivity index (χ4v) is 2.84. The van der Waals surface area contributed by atoms with Crippen molar-refractivity contribution in [2.45, 2.75) is 38.1 Å². The van der Waals surface area contributed by atoms with Gasteiger partial charge in [0.1, 0.15) is 5.75 Å². The van der Waals surface area contributed by atoms with Crippen molar-refractivity contribution in [3.05, 3.63) is 24.3 Å². The van der Waals surface area contributed by atoms with Crippen LogP contribution in [0.2, 0.25) is 0 Å². The summed E-state index contributed by atoms with van der Waals surface area (Å²) >= 11 is 0. The van der Waals surface area contributed by atoms with Gasteiger partial charge in [-0.05, 0) is 25.0 Å². The molecule has 0 bridgehead atoms. The van der Waals surface area contributed by atoms with Crippen LogP contribution in [0.15, 0.2) is 24.3 Å². The number of anilines is 1. The number of nitrogens with two attached hydrogens (primary N) is 1. The van der Waals surface area contributed by atoms with Gasteiger partial charge in [0.15, 0.2) is 6.61 Å². The summed E-state index contributed by atoms with van der Waals surface area (Å²) < 4.78 is 5.51. The topological polar surface area (TPSA) is 75.8 Å². The molecule has 1 amide bonds. The van der Waals surface area contributed by atoms with Gasteiger partial charge in [-0.15, -0.1) is 0 Å². The average Bonchev–Trinajstić information content (AvgIpc) is 2.51. The molecule has 0 spiro atoms. The Morgan fingerprint density at radius 3 is 2.76 bits per heavy atom. The van der Waals surface area contributed by atoms with E-state index in [0.717, 1.165) is 25.7 Å². The molecule has 0 saturated heterocycles. The molecule has 1 aromatic carbocycles. The van der Waals surface area contributed by atoms with E-state index in [4.69, 9.17) is 10.5 Å². The monoisotopic (exact) mass is 292 g/mol. The summed E-state index contributed by atoms with van der Waals surface area (Å²) in [6.07, 6.45) is 5.57. The quantitative estimate of drug-likeness (QED) is 0.784. The van der Waals surface area contributed by atoms with Crippen molar-refractivity contribution in [3.63, 3.8) is 0 Å². The van der Waals surface area contributed by atoms with Gasteiger partial charge in [-0.25, -0.2) is 0 Å². The number of rotatable bonds is 6. The van der Waals surface area contributed by atoms with Crippen LogP contribution in [-0.4, -0.2) is 41.7 Å². The van der Waals surface area contributed by atoms with Gasteiger partial charge in [-0.3, -0.25) is 4.79 Å². The first-order valence-electron chi connectivity index (χ1n) is 7.59. The Hall–Kier alpha value is -1.75. The first kappa shape index (κ1) is 15.6. The molecular formula is C16H24N2O3. The minimum absolute atomic E-state index is 0.0134. The predicted molar refractivity (Wildman–Crippen MR) is 82.0 cm³/mol. The van der Waals surface area contributed by atoms with E-state index < -0.39 is 0 Å². The third kappa shape index (κ3) is 4.63. The number of aliphatic hydroxyl groups is 1. The molecule has 5 nitrogen and oxygen atoms in total. The van der Waals surface area contributed by atoms with Gasteiger partial charge in [0.25, 0.3) is 5.91 Å². The van der Waals surface area contributed by atoms with E-state index in [2.05, 4.69) is 0 Å². The molecule has 0 aromatic heterocycles. The van der Waals surface area contributed by atoms with Crippen LogP contribution in [0.25, 0.3) is 0 Å². The summed E-state index contributed by atoms with van der Waals surface area (Å²) in [5, 5.41) is 9.19. The number of benzene rings is 1. The van der Waals surface area contributed by atoms with Crippen LogP contribution < -0.4 is 10.5 Å². The van der Waals surface area contributed by atoms with Crippen molar-refractivity contribution in [3.8, 4) is 5.75 Å². The van der Waals surface area contributed by atoms with Crippen molar-refractivity contribution in [1.82, 2.24) is 4.90 Å². The molecule has 116 valence electrons. The van der Waals surface area contributed by atoms with Crippen LogP contribution in [-0.2, 0) is 4.79 Å². The average molecular weight is 292 g/mol. The maximum atomic E-state index is 12.3. The summed E-state index contributed by atoms with van der Waals surface area (Å²) in [5.74, 6) is 0.523. The lowest BCUT2D eigenvalue weighted by Crippen LogP contribution is -2.45. The second-order valence-corrected chi connectivity index (χ2v) is 5.46. The molecule has 1 saturated carbocycles. The van der Waals surface area contributed by atoms with Crippen LogP contribution in [0.5, 0.6) is 5.75 Å². The molecule has 0 heterocycles. The maximum Gasteiger partial charge on any atom is 0.260 e. The van der Waals surface area contributed by atoms with E-state index in [1.54, 1.807) is 29.2 Å². The van der Waals surface area contributed by atoms with Gasteiger partial charge in [-0.1, -0.05) is 25.3 Å². The first-order valence-corrected chi connectivity index (χ1v) is 7.59. The lowest BCUT2D eigenvalue weighted by atomic mass is 9.94. The summed E-state index contributed by atoms with van der Waals surface area (Å²) in [6, 6.07) is 7.28. The van der Waals surface area contributed by atoms with E-state index >= 15 is 0 Å². The number of carbonyl (C=O) groups is 1. The molecule has 21 heavy (non-hydrogen) atoms. The van der Waals surface area contributed by atoms with Crippen LogP contribution in [0, 0.1) is 0 Å². The number of aliphatic hydroxyl groups excluding tert-OH is 1. The van der Waals surface area contributed by atoms with Gasteiger partial charge < -0.3 is 20.5 Å². The molecule has 0 unspecified atom stereocenters. The number of nitrogens with zero attached hydrogens (tertiary/aromatic N) is 1. The summed E-state index contributed by atoms with van der Waals surface area (Å²) in [4.78, 5) is 14.1. The van der Waals surface area contributed by atoms with E-state index in [1.165, 1.54) is 6.42 Å². The van der Waals surface area contributed by atoms with Gasteiger partial charge >= 0.3 is 0 Å². The number of nitrogen functional groups attached to an aromatic ring is 1. The zero-order chi connectivity index (χ0) is 15.1. The fourth-order valence-electron chi connectivity index (χ4n) is 2.84. The smallest absolute Gasteiger partial charge is 0.260 e. The Bertz CT molecular complexity index is 459. The standard InChI is InChI=1S/C16H24N2O3/c17-13-5-4-8-15(11-13)21-12-16(20)18(9-10-19)14-6-2-1-3-7-14/h4-5,8,11,14,19H,1-3,6-7,9-10,12,17H2. The van der Waals surface area contributed by atoms with E-state index in [0.29, 0.717) is 18.0 Å². The molecule has 1 aliphatic carbocycles. The maximum absolute atomic E-state index is 12.3. The summed E-state index contributed by atoms with van der Waals surface area (Å²) in [5.41, 5.74) is 6.29. The molecule has 0 atom stereocenters. The Morgan fingerprint density at radius 1 is 1.33 bits per heavy atom. The second kappa shape index (κ2) is 7.88. The predicted octanol–water partition coefficient (Wildman–Crippen LogP) is 1.80. The second-order valence-electron chi connectivity index (χ2n) is 5.46. The minimum Gasteiger partial charge on any atom is -0.484 e. The highest BCUT2D eigenvalue weighted by Crippen LogP contribution is 2.23. The zero-order valence-electron chi connectivity index (χ0n) is 12.3. The zero-order valence-corrected chi connectivity index (χ0v) is 12.3. The Kier molecular flexibility index (Phi) is 5.87. The number of amides is 1. The molecule has 1 aromatic rings. The molecule has 3 N–H and O–H groups in total. The van der Waals surface area contributed by atoms with Crippen molar-refractivity contribution in [2.75, 3.05) is 25.5 Å². The van der Waals surface area contributed by atoms with Gasteiger partial charge in [0.05, 0.1) is 6.61 Å². The number of carbonyl (C=O) groups excluding carboxylic acids is 1. The van der Waals surface area contributed by atoms with Gasteiger partial charge in [0, 0.05) is 24.3 Å². The minimum atomic E-state index is -0.0709. The Labute approximate surface area is 125 Å². The Morgan fingerprint density at radius 2 is 2.10 bits per heavy atom. The fraction of sp³-hybridized carbons (Fsp3) is 0.562. The molecular weight excluding hydrogens is 268 g/mol. The molecule has 0 aliphatic heterocycles. The lowest BCUT2D eigenvalue weighted by Gasteiger charge is -2.34. The number of hydrogen-bond donors (Lipinski definition) is 2. The third-order valence-corrected chi connectivity index (χ3v) is 3.90. The largest absolute Gasteiger partial charge is 0.484 e. The molecule has 2 rings (SSSR count). The highest BCUT2D eigenvalue weighted by atomic mass is 16.5.